The van der Waals surface area contributed by atoms with Gasteiger partial charge >= 0.3 is 0 Å². The van der Waals surface area contributed by atoms with E-state index < -0.39 is 0 Å². The second-order valence-corrected chi connectivity index (χ2v) is 8.74. The average Bonchev–Trinajstić information content (AvgIpc) is 3.08. The highest BCUT2D eigenvalue weighted by atomic mass is 31.1. The summed E-state index contributed by atoms with van der Waals surface area (Å²) in [5.41, 5.74) is 2.64. The van der Waals surface area contributed by atoms with Gasteiger partial charge in [-0.1, -0.05) is 72.8 Å². The van der Waals surface area contributed by atoms with Crippen LogP contribution in [0, 0.1) is 0 Å². The Hall–Kier alpha value is -2.44. The van der Waals surface area contributed by atoms with Crippen LogP contribution in [0.2, 0.25) is 0 Å². The maximum Gasteiger partial charge on any atom is 0.244 e. The number of imidazole rings is 1. The highest BCUT2D eigenvalue weighted by Crippen LogP contribution is 2.33. The van der Waals surface area contributed by atoms with Crippen molar-refractivity contribution in [2.45, 2.75) is 20.0 Å². The third-order valence-corrected chi connectivity index (χ3v) is 7.31. The van der Waals surface area contributed by atoms with Gasteiger partial charge in [-0.05, 0) is 37.6 Å². The molecule has 0 atom stereocenters. The molecule has 4 aromatic rings. The molecule has 0 spiro atoms. The Labute approximate surface area is 156 Å². The number of aromatic nitrogens is 2. The van der Waals surface area contributed by atoms with Gasteiger partial charge in [0, 0.05) is 6.16 Å². The van der Waals surface area contributed by atoms with E-state index in [4.69, 9.17) is 0 Å². The summed E-state index contributed by atoms with van der Waals surface area (Å²) in [7, 11) is -0.355. The molecule has 0 radical (unpaired) electrons. The molecule has 0 N–H and O–H groups in total. The molecular weight excluding hydrogens is 335 g/mol. The van der Waals surface area contributed by atoms with E-state index in [1.54, 1.807) is 0 Å². The number of hydrogen-bond donors (Lipinski definition) is 0. The molecule has 1 aromatic heterocycles. The quantitative estimate of drug-likeness (QED) is 0.362. The molecule has 0 aliphatic rings. The third-order valence-electron chi connectivity index (χ3n) is 4.82. The van der Waals surface area contributed by atoms with Crippen molar-refractivity contribution in [2.24, 2.45) is 0 Å². The fourth-order valence-corrected chi connectivity index (χ4v) is 5.80. The summed E-state index contributed by atoms with van der Waals surface area (Å²) in [5.74, 6) is 0. The van der Waals surface area contributed by atoms with Crippen LogP contribution >= 0.6 is 7.92 Å². The maximum absolute atomic E-state index is 2.42. The van der Waals surface area contributed by atoms with Crippen LogP contribution in [0.4, 0.5) is 0 Å². The minimum Gasteiger partial charge on any atom is -0.230 e. The molecule has 3 heteroatoms. The topological polar surface area (TPSA) is 8.81 Å². The van der Waals surface area contributed by atoms with Crippen molar-refractivity contribution in [1.29, 1.82) is 0 Å². The normalized spacial score (nSPS) is 11.3. The molecule has 130 valence electrons. The molecule has 0 aliphatic carbocycles. The summed E-state index contributed by atoms with van der Waals surface area (Å²) >= 11 is 0. The van der Waals surface area contributed by atoms with E-state index >= 15 is 0 Å². The number of nitrogens with zero attached hydrogens (tertiary/aromatic N) is 2. The number of fused-ring (bicyclic) bond motifs is 1. The van der Waals surface area contributed by atoms with E-state index in [1.807, 2.05) is 0 Å². The Morgan fingerprint density at radius 1 is 0.769 bits per heavy atom. The van der Waals surface area contributed by atoms with Crippen LogP contribution in [0.3, 0.4) is 0 Å². The Balaban J connectivity index is 1.66. The van der Waals surface area contributed by atoms with Crippen LogP contribution in [-0.4, -0.2) is 10.7 Å². The number of hydrogen-bond acceptors (Lipinski definition) is 0. The fourth-order valence-electron chi connectivity index (χ4n) is 3.50. The second-order valence-electron chi connectivity index (χ2n) is 6.41. The smallest absolute Gasteiger partial charge is 0.230 e. The largest absolute Gasteiger partial charge is 0.244 e. The lowest BCUT2D eigenvalue weighted by atomic mass is 10.3. The second kappa shape index (κ2) is 7.85. The lowest BCUT2D eigenvalue weighted by Crippen LogP contribution is -2.35. The molecule has 0 unspecified atom stereocenters. The lowest BCUT2D eigenvalue weighted by Gasteiger charge is -2.17. The molecule has 0 saturated carbocycles. The molecule has 0 amide bonds. The minimum atomic E-state index is -0.355. The number of aryl methyl sites for hydroxylation is 2. The first-order valence-corrected chi connectivity index (χ1v) is 10.7. The van der Waals surface area contributed by atoms with Gasteiger partial charge in [-0.2, -0.15) is 0 Å². The summed E-state index contributed by atoms with van der Waals surface area (Å²) in [6, 6.07) is 30.6. The summed E-state index contributed by atoms with van der Waals surface area (Å²) in [4.78, 5) is 0. The first-order valence-electron chi connectivity index (χ1n) is 9.22. The van der Waals surface area contributed by atoms with Crippen molar-refractivity contribution >= 4 is 29.6 Å². The molecule has 2 nitrogen and oxygen atoms in total. The van der Waals surface area contributed by atoms with Crippen LogP contribution in [0.15, 0.2) is 91.3 Å². The van der Waals surface area contributed by atoms with E-state index in [9.17, 15) is 0 Å². The predicted octanol–water partition coefficient (Wildman–Crippen LogP) is 4.08. The molecule has 3 aromatic carbocycles. The molecule has 1 heterocycles. The van der Waals surface area contributed by atoms with Crippen LogP contribution in [0.25, 0.3) is 11.0 Å². The molecule has 26 heavy (non-hydrogen) atoms. The lowest BCUT2D eigenvalue weighted by molar-refractivity contribution is -0.667. The maximum atomic E-state index is 2.42. The van der Waals surface area contributed by atoms with Crippen LogP contribution in [0.5, 0.6) is 0 Å². The highest BCUT2D eigenvalue weighted by molar-refractivity contribution is 7.72. The summed E-state index contributed by atoms with van der Waals surface area (Å²) in [6.07, 6.45) is 3.42. The summed E-state index contributed by atoms with van der Waals surface area (Å²) < 4.78 is 4.75. The zero-order chi connectivity index (χ0) is 17.8. The van der Waals surface area contributed by atoms with E-state index in [0.29, 0.717) is 0 Å². The van der Waals surface area contributed by atoms with Gasteiger partial charge in [0.2, 0.25) is 6.33 Å². The number of para-hydroxylation sites is 2. The summed E-state index contributed by atoms with van der Waals surface area (Å²) in [6.45, 7) is 4.24. The van der Waals surface area contributed by atoms with Crippen molar-refractivity contribution in [3.63, 3.8) is 0 Å². The number of rotatable bonds is 6. The first kappa shape index (κ1) is 17.0. The highest BCUT2D eigenvalue weighted by Gasteiger charge is 2.18. The van der Waals surface area contributed by atoms with Gasteiger partial charge in [-0.25, -0.2) is 9.13 Å². The van der Waals surface area contributed by atoms with Gasteiger partial charge in [-0.3, -0.25) is 0 Å². The van der Waals surface area contributed by atoms with Gasteiger partial charge in [0.15, 0.2) is 11.0 Å². The molecule has 0 saturated heterocycles. The van der Waals surface area contributed by atoms with Crippen molar-refractivity contribution in [1.82, 2.24) is 4.57 Å². The van der Waals surface area contributed by atoms with Gasteiger partial charge in [0.1, 0.15) is 0 Å². The van der Waals surface area contributed by atoms with E-state index in [-0.39, 0.29) is 7.92 Å². The minimum absolute atomic E-state index is 0.355. The monoisotopic (exact) mass is 359 g/mol. The Kier molecular flexibility index (Phi) is 5.13. The molecule has 0 fully saturated rings. The van der Waals surface area contributed by atoms with Crippen molar-refractivity contribution in [2.75, 3.05) is 6.16 Å². The van der Waals surface area contributed by atoms with E-state index in [2.05, 4.69) is 107 Å². The van der Waals surface area contributed by atoms with Crippen LogP contribution in [0.1, 0.15) is 6.92 Å². The molecule has 0 bridgehead atoms. The Bertz CT molecular complexity index is 937. The average molecular weight is 359 g/mol. The van der Waals surface area contributed by atoms with Gasteiger partial charge in [0.25, 0.3) is 0 Å². The van der Waals surface area contributed by atoms with Crippen molar-refractivity contribution in [3.8, 4) is 0 Å². The van der Waals surface area contributed by atoms with Crippen molar-refractivity contribution in [3.05, 3.63) is 91.3 Å². The predicted molar refractivity (Wildman–Crippen MR) is 112 cm³/mol. The fraction of sp³-hybridized carbons (Fsp3) is 0.174. The Morgan fingerprint density at radius 2 is 1.35 bits per heavy atom. The number of benzene rings is 3. The van der Waals surface area contributed by atoms with Gasteiger partial charge in [-0.15, -0.1) is 0 Å². The summed E-state index contributed by atoms with van der Waals surface area (Å²) in [5, 5.41) is 2.90. The standard InChI is InChI=1S/C23H24N2P/c1-2-24-19-25(23-16-10-9-15-22(23)24)17-18-26(20-11-5-3-6-12-20)21-13-7-4-8-14-21/h3-16,19H,2,17-18H2,1H3/q+1. The first-order chi connectivity index (χ1) is 12.9. The SMILES string of the molecule is CCn1c[n+](CCP(c2ccccc2)c2ccccc2)c2ccccc21. The van der Waals surface area contributed by atoms with Gasteiger partial charge in [0.05, 0.1) is 13.1 Å². The molecular formula is C23H24N2P+. The Morgan fingerprint density at radius 3 is 1.96 bits per heavy atom. The third kappa shape index (κ3) is 3.43. The molecule has 0 aliphatic heterocycles. The van der Waals surface area contributed by atoms with Crippen LogP contribution in [-0.2, 0) is 13.1 Å². The van der Waals surface area contributed by atoms with Crippen LogP contribution < -0.4 is 15.2 Å². The van der Waals surface area contributed by atoms with Gasteiger partial charge < -0.3 is 0 Å². The van der Waals surface area contributed by atoms with E-state index in [1.165, 1.54) is 21.6 Å². The molecule has 4 rings (SSSR count). The zero-order valence-corrected chi connectivity index (χ0v) is 16.0. The zero-order valence-electron chi connectivity index (χ0n) is 15.1. The van der Waals surface area contributed by atoms with Crippen molar-refractivity contribution < 1.29 is 4.57 Å². The van der Waals surface area contributed by atoms with E-state index in [0.717, 1.165) is 19.3 Å².